The summed E-state index contributed by atoms with van der Waals surface area (Å²) in [6.45, 7) is 4.76. The van der Waals surface area contributed by atoms with Crippen LogP contribution in [0.25, 0.3) is 0 Å². The molecule has 17 heavy (non-hydrogen) atoms. The molecule has 2 rings (SSSR count). The van der Waals surface area contributed by atoms with E-state index in [0.29, 0.717) is 12.4 Å². The highest BCUT2D eigenvalue weighted by Gasteiger charge is 2.41. The topological polar surface area (TPSA) is 29.1 Å². The normalized spacial score (nSPS) is 16.6. The van der Waals surface area contributed by atoms with Crippen molar-refractivity contribution in [2.75, 3.05) is 12.4 Å². The second-order valence-electron chi connectivity index (χ2n) is 5.12. The molecule has 0 aromatic heterocycles. The first-order valence-electron chi connectivity index (χ1n) is 5.98. The summed E-state index contributed by atoms with van der Waals surface area (Å²) < 4.78 is 0. The SMILES string of the molecule is Cc1ccc(C(=O)NCC2(CCl)CC2)cc1C. The fourth-order valence-electron chi connectivity index (χ4n) is 1.79. The highest BCUT2D eigenvalue weighted by Crippen LogP contribution is 2.45. The minimum absolute atomic E-state index is 0.00416. The van der Waals surface area contributed by atoms with Crippen LogP contribution in [0.1, 0.15) is 34.3 Å². The predicted octanol–water partition coefficient (Wildman–Crippen LogP) is 3.05. The van der Waals surface area contributed by atoms with Crippen LogP contribution in [0.2, 0.25) is 0 Å². The maximum atomic E-state index is 11.9. The third kappa shape index (κ3) is 2.81. The molecule has 1 saturated carbocycles. The number of alkyl halides is 1. The van der Waals surface area contributed by atoms with Crippen LogP contribution in [-0.4, -0.2) is 18.3 Å². The van der Waals surface area contributed by atoms with E-state index in [1.54, 1.807) is 0 Å². The molecule has 1 amide bonds. The molecule has 0 unspecified atom stereocenters. The van der Waals surface area contributed by atoms with E-state index in [1.165, 1.54) is 5.56 Å². The highest BCUT2D eigenvalue weighted by molar-refractivity contribution is 6.18. The van der Waals surface area contributed by atoms with Crippen LogP contribution in [0.3, 0.4) is 0 Å². The predicted molar refractivity (Wildman–Crippen MR) is 70.6 cm³/mol. The standard InChI is InChI=1S/C14H18ClNO/c1-10-3-4-12(7-11(10)2)13(17)16-9-14(8-15)5-6-14/h3-4,7H,5-6,8-9H2,1-2H3,(H,16,17). The lowest BCUT2D eigenvalue weighted by Crippen LogP contribution is -2.31. The van der Waals surface area contributed by atoms with Crippen molar-refractivity contribution in [3.8, 4) is 0 Å². The third-order valence-electron chi connectivity index (χ3n) is 3.63. The molecule has 0 heterocycles. The van der Waals surface area contributed by atoms with Gasteiger partial charge in [0.25, 0.3) is 5.91 Å². The first-order chi connectivity index (χ1) is 8.06. The average molecular weight is 252 g/mol. The number of aryl methyl sites for hydroxylation is 2. The van der Waals surface area contributed by atoms with Crippen LogP contribution in [-0.2, 0) is 0 Å². The van der Waals surface area contributed by atoms with Gasteiger partial charge in [0, 0.05) is 23.4 Å². The number of nitrogens with one attached hydrogen (secondary N) is 1. The van der Waals surface area contributed by atoms with Crippen LogP contribution in [0, 0.1) is 19.3 Å². The fraction of sp³-hybridized carbons (Fsp3) is 0.500. The first-order valence-corrected chi connectivity index (χ1v) is 6.51. The molecule has 0 saturated heterocycles. The number of hydrogen-bond acceptors (Lipinski definition) is 1. The van der Waals surface area contributed by atoms with Gasteiger partial charge in [-0.1, -0.05) is 6.07 Å². The van der Waals surface area contributed by atoms with Gasteiger partial charge >= 0.3 is 0 Å². The number of carbonyl (C=O) groups excluding carboxylic acids is 1. The minimum Gasteiger partial charge on any atom is -0.351 e. The maximum Gasteiger partial charge on any atom is 0.251 e. The zero-order chi connectivity index (χ0) is 12.5. The molecule has 1 aliphatic rings. The Balaban J connectivity index is 1.97. The van der Waals surface area contributed by atoms with Crippen molar-refractivity contribution in [3.05, 3.63) is 34.9 Å². The third-order valence-corrected chi connectivity index (χ3v) is 4.20. The van der Waals surface area contributed by atoms with Crippen molar-refractivity contribution in [1.29, 1.82) is 0 Å². The van der Waals surface area contributed by atoms with Gasteiger partial charge in [-0.05, 0) is 49.9 Å². The van der Waals surface area contributed by atoms with E-state index < -0.39 is 0 Å². The van der Waals surface area contributed by atoms with E-state index in [9.17, 15) is 4.79 Å². The van der Waals surface area contributed by atoms with E-state index >= 15 is 0 Å². The Labute approximate surface area is 107 Å². The Morgan fingerprint density at radius 3 is 2.59 bits per heavy atom. The van der Waals surface area contributed by atoms with Crippen LogP contribution in [0.5, 0.6) is 0 Å². The Kier molecular flexibility index (Phi) is 3.43. The molecule has 1 aromatic rings. The zero-order valence-electron chi connectivity index (χ0n) is 10.3. The van der Waals surface area contributed by atoms with E-state index in [2.05, 4.69) is 5.32 Å². The molecular formula is C14H18ClNO. The molecule has 0 bridgehead atoms. The molecule has 0 atom stereocenters. The van der Waals surface area contributed by atoms with Gasteiger partial charge in [0.05, 0.1) is 0 Å². The van der Waals surface area contributed by atoms with Gasteiger partial charge in [0.15, 0.2) is 0 Å². The minimum atomic E-state index is 0.00416. The molecule has 0 spiro atoms. The first kappa shape index (κ1) is 12.4. The molecule has 1 aromatic carbocycles. The number of benzene rings is 1. The van der Waals surface area contributed by atoms with Gasteiger partial charge in [-0.3, -0.25) is 4.79 Å². The maximum absolute atomic E-state index is 11.9. The molecular weight excluding hydrogens is 234 g/mol. The van der Waals surface area contributed by atoms with Gasteiger partial charge in [-0.15, -0.1) is 11.6 Å². The lowest BCUT2D eigenvalue weighted by molar-refractivity contribution is 0.0946. The van der Waals surface area contributed by atoms with E-state index in [0.717, 1.165) is 24.0 Å². The lowest BCUT2D eigenvalue weighted by atomic mass is 10.1. The van der Waals surface area contributed by atoms with Crippen molar-refractivity contribution in [1.82, 2.24) is 5.32 Å². The second-order valence-corrected chi connectivity index (χ2v) is 5.38. The van der Waals surface area contributed by atoms with Crippen LogP contribution >= 0.6 is 11.6 Å². The Hall–Kier alpha value is -1.02. The summed E-state index contributed by atoms with van der Waals surface area (Å²) in [5.74, 6) is 0.643. The Morgan fingerprint density at radius 1 is 1.35 bits per heavy atom. The van der Waals surface area contributed by atoms with Crippen LogP contribution in [0.15, 0.2) is 18.2 Å². The molecule has 3 heteroatoms. The Bertz CT molecular complexity index is 438. The summed E-state index contributed by atoms with van der Waals surface area (Å²) in [6.07, 6.45) is 2.26. The summed E-state index contributed by atoms with van der Waals surface area (Å²) in [5, 5.41) is 2.98. The highest BCUT2D eigenvalue weighted by atomic mass is 35.5. The molecule has 1 fully saturated rings. The van der Waals surface area contributed by atoms with Crippen molar-refractivity contribution in [2.45, 2.75) is 26.7 Å². The van der Waals surface area contributed by atoms with Crippen molar-refractivity contribution in [2.24, 2.45) is 5.41 Å². The van der Waals surface area contributed by atoms with Gasteiger partial charge in [-0.2, -0.15) is 0 Å². The molecule has 1 aliphatic carbocycles. The molecule has 0 radical (unpaired) electrons. The average Bonchev–Trinajstić information content (AvgIpc) is 3.10. The van der Waals surface area contributed by atoms with Crippen molar-refractivity contribution >= 4 is 17.5 Å². The molecule has 92 valence electrons. The Morgan fingerprint density at radius 2 is 2.06 bits per heavy atom. The largest absolute Gasteiger partial charge is 0.351 e. The summed E-state index contributed by atoms with van der Waals surface area (Å²) >= 11 is 5.88. The summed E-state index contributed by atoms with van der Waals surface area (Å²) in [6, 6.07) is 5.79. The molecule has 1 N–H and O–H groups in total. The van der Waals surface area contributed by atoms with Crippen LogP contribution in [0.4, 0.5) is 0 Å². The smallest absolute Gasteiger partial charge is 0.251 e. The summed E-state index contributed by atoms with van der Waals surface area (Å²) in [4.78, 5) is 11.9. The number of rotatable bonds is 4. The van der Waals surface area contributed by atoms with Crippen molar-refractivity contribution < 1.29 is 4.79 Å². The lowest BCUT2D eigenvalue weighted by Gasteiger charge is -2.13. The van der Waals surface area contributed by atoms with Gasteiger partial charge in [0.2, 0.25) is 0 Å². The quantitative estimate of drug-likeness (QED) is 0.819. The number of carbonyl (C=O) groups is 1. The van der Waals surface area contributed by atoms with E-state index in [-0.39, 0.29) is 11.3 Å². The molecule has 0 aliphatic heterocycles. The number of halogens is 1. The number of amides is 1. The summed E-state index contributed by atoms with van der Waals surface area (Å²) in [5.41, 5.74) is 3.27. The van der Waals surface area contributed by atoms with Gasteiger partial charge in [0.1, 0.15) is 0 Å². The number of hydrogen-bond donors (Lipinski definition) is 1. The van der Waals surface area contributed by atoms with Gasteiger partial charge < -0.3 is 5.32 Å². The zero-order valence-corrected chi connectivity index (χ0v) is 11.1. The second kappa shape index (κ2) is 4.69. The van der Waals surface area contributed by atoms with E-state index in [4.69, 9.17) is 11.6 Å². The fourth-order valence-corrected chi connectivity index (χ4v) is 2.15. The van der Waals surface area contributed by atoms with E-state index in [1.807, 2.05) is 32.0 Å². The van der Waals surface area contributed by atoms with Crippen LogP contribution < -0.4 is 5.32 Å². The monoisotopic (exact) mass is 251 g/mol. The molecule has 2 nitrogen and oxygen atoms in total. The summed E-state index contributed by atoms with van der Waals surface area (Å²) in [7, 11) is 0. The van der Waals surface area contributed by atoms with Crippen molar-refractivity contribution in [3.63, 3.8) is 0 Å². The van der Waals surface area contributed by atoms with Gasteiger partial charge in [-0.25, -0.2) is 0 Å².